The molecule has 3 heteroatoms. The molecule has 0 atom stereocenters. The quantitative estimate of drug-likeness (QED) is 0.296. The second-order valence-electron chi connectivity index (χ2n) is 5.47. The van der Waals surface area contributed by atoms with Gasteiger partial charge in [-0.05, 0) is 0 Å². The average Bonchev–Trinajstić information content (AvgIpc) is 2.72. The summed E-state index contributed by atoms with van der Waals surface area (Å²) in [7, 11) is 0.241. The predicted molar refractivity (Wildman–Crippen MR) is 96.6 cm³/mol. The van der Waals surface area contributed by atoms with Gasteiger partial charge in [0.25, 0.3) is 0 Å². The van der Waals surface area contributed by atoms with Gasteiger partial charge in [0.1, 0.15) is 0 Å². The van der Waals surface area contributed by atoms with Gasteiger partial charge in [0, 0.05) is 17.6 Å². The van der Waals surface area contributed by atoms with Crippen molar-refractivity contribution in [3.8, 4) is 0 Å². The molecule has 0 fully saturated rings. The molecule has 0 aromatic rings. The van der Waals surface area contributed by atoms with Crippen molar-refractivity contribution in [3.05, 3.63) is 48.6 Å². The van der Waals surface area contributed by atoms with E-state index in [0.717, 1.165) is 17.6 Å². The second-order valence-corrected chi connectivity index (χ2v) is 11.5. The van der Waals surface area contributed by atoms with E-state index in [1.807, 2.05) is 26.0 Å². The molecule has 0 amide bonds. The Balaban J connectivity index is -0.0000000852. The monoisotopic (exact) mass is 382 g/mol. The van der Waals surface area contributed by atoms with Crippen molar-refractivity contribution in [2.24, 2.45) is 0 Å². The van der Waals surface area contributed by atoms with E-state index in [4.69, 9.17) is 6.58 Å². The first kappa shape index (κ1) is 28.4. The Morgan fingerprint density at radius 3 is 1.40 bits per heavy atom. The van der Waals surface area contributed by atoms with Gasteiger partial charge in [-0.25, -0.2) is 23.3 Å². The van der Waals surface area contributed by atoms with Crippen LogP contribution in [0.5, 0.6) is 0 Å². The first-order valence-electron chi connectivity index (χ1n) is 6.61. The molecule has 0 bridgehead atoms. The Hall–Kier alpha value is 0.277. The maximum Gasteiger partial charge on any atom is 2.00 e. The van der Waals surface area contributed by atoms with Gasteiger partial charge in [0.2, 0.25) is 0 Å². The summed E-state index contributed by atoms with van der Waals surface area (Å²) in [5.74, 6) is 0. The first-order chi connectivity index (χ1) is 8.61. The molecule has 0 aromatic carbocycles. The molecular formula is C17H32Si2Zr. The topological polar surface area (TPSA) is 0 Å². The van der Waals surface area contributed by atoms with E-state index in [1.165, 1.54) is 0 Å². The molecule has 1 rings (SSSR count). The van der Waals surface area contributed by atoms with Crippen LogP contribution in [-0.4, -0.2) is 17.6 Å². The van der Waals surface area contributed by atoms with Gasteiger partial charge in [0.15, 0.2) is 0 Å². The molecule has 0 N–H and O–H groups in total. The van der Waals surface area contributed by atoms with Crippen molar-refractivity contribution < 1.29 is 26.2 Å². The van der Waals surface area contributed by atoms with E-state index >= 15 is 0 Å². The molecule has 1 aliphatic carbocycles. The van der Waals surface area contributed by atoms with Gasteiger partial charge in [-0.1, -0.05) is 46.2 Å². The van der Waals surface area contributed by atoms with E-state index in [9.17, 15) is 0 Å². The van der Waals surface area contributed by atoms with Crippen LogP contribution in [0.1, 0.15) is 20.3 Å². The summed E-state index contributed by atoms with van der Waals surface area (Å²) in [5, 5.41) is 0. The summed E-state index contributed by atoms with van der Waals surface area (Å²) in [6.07, 6.45) is 10.0. The fourth-order valence-electron chi connectivity index (χ4n) is 0.340. The van der Waals surface area contributed by atoms with Gasteiger partial charge >= 0.3 is 26.2 Å². The summed E-state index contributed by atoms with van der Waals surface area (Å²) in [6.45, 7) is 26.2. The van der Waals surface area contributed by atoms with Gasteiger partial charge in [-0.15, -0.1) is 13.3 Å². The maximum absolute atomic E-state index is 5.25. The molecule has 20 heavy (non-hydrogen) atoms. The van der Waals surface area contributed by atoms with Crippen LogP contribution in [-0.2, 0) is 26.2 Å². The summed E-state index contributed by atoms with van der Waals surface area (Å²) < 4.78 is 0. The zero-order valence-electron chi connectivity index (χ0n) is 14.7. The Kier molecular flexibility index (Phi) is 30.7. The normalized spacial score (nSPS) is 10.3. The van der Waals surface area contributed by atoms with Crippen molar-refractivity contribution >= 4 is 17.6 Å². The third kappa shape index (κ3) is 63.4. The fourth-order valence-corrected chi connectivity index (χ4v) is 0.340. The summed E-state index contributed by atoms with van der Waals surface area (Å²) >= 11 is 0. The Morgan fingerprint density at radius 2 is 1.35 bits per heavy atom. The van der Waals surface area contributed by atoms with Crippen LogP contribution in [0.3, 0.4) is 0 Å². The van der Waals surface area contributed by atoms with Gasteiger partial charge in [-0.3, -0.25) is 12.7 Å². The first-order valence-corrected chi connectivity index (χ1v) is 12.6. The van der Waals surface area contributed by atoms with E-state index < -0.39 is 0 Å². The predicted octanol–water partition coefficient (Wildman–Crippen LogP) is 5.99. The van der Waals surface area contributed by atoms with Crippen LogP contribution in [0, 0.1) is 12.7 Å². The molecule has 1 aliphatic rings. The van der Waals surface area contributed by atoms with Gasteiger partial charge < -0.3 is 0 Å². The van der Waals surface area contributed by atoms with Crippen LogP contribution in [0.25, 0.3) is 0 Å². The molecule has 0 aliphatic heterocycles. The minimum Gasteiger partial charge on any atom is -0.290 e. The van der Waals surface area contributed by atoms with Crippen LogP contribution in [0.4, 0.5) is 0 Å². The zero-order valence-corrected chi connectivity index (χ0v) is 19.2. The van der Waals surface area contributed by atoms with Gasteiger partial charge in [-0.2, -0.15) is 12.7 Å². The van der Waals surface area contributed by atoms with Crippen LogP contribution in [0.15, 0.2) is 36.0 Å². The van der Waals surface area contributed by atoms with Crippen LogP contribution < -0.4 is 0 Å². The smallest absolute Gasteiger partial charge is 0.290 e. The molecular weight excluding hydrogens is 352 g/mol. The van der Waals surface area contributed by atoms with Crippen LogP contribution in [0.2, 0.25) is 39.3 Å². The molecule has 0 heterocycles. The van der Waals surface area contributed by atoms with Crippen molar-refractivity contribution in [2.75, 3.05) is 0 Å². The van der Waals surface area contributed by atoms with Gasteiger partial charge in [0.05, 0.1) is 0 Å². The van der Waals surface area contributed by atoms with E-state index in [2.05, 4.69) is 58.0 Å². The van der Waals surface area contributed by atoms with Crippen molar-refractivity contribution in [3.63, 3.8) is 0 Å². The molecule has 0 saturated heterocycles. The number of allylic oxidation sites excluding steroid dienone is 6. The third-order valence-corrected chi connectivity index (χ3v) is 1.26. The van der Waals surface area contributed by atoms with Crippen LogP contribution >= 0.6 is 0 Å². The SMILES string of the molecule is C[Si](C)C.C[Si](C)C.[C-]1=CC=CC1.[CH-]=C(C)C(=C)C.[Zr+2]. The number of hydrogen-bond acceptors (Lipinski definition) is 0. The molecule has 112 valence electrons. The van der Waals surface area contributed by atoms with Crippen molar-refractivity contribution in [2.45, 2.75) is 59.6 Å². The number of hydrogen-bond donors (Lipinski definition) is 0. The Labute approximate surface area is 151 Å². The minimum absolute atomic E-state index is 0. The second kappa shape index (κ2) is 21.6. The summed E-state index contributed by atoms with van der Waals surface area (Å²) in [6, 6.07) is 0. The van der Waals surface area contributed by atoms with Crippen molar-refractivity contribution in [1.82, 2.24) is 0 Å². The third-order valence-electron chi connectivity index (χ3n) is 1.26. The van der Waals surface area contributed by atoms with E-state index in [1.54, 1.807) is 0 Å². The largest absolute Gasteiger partial charge is 2.00 e. The summed E-state index contributed by atoms with van der Waals surface area (Å²) in [4.78, 5) is 0. The molecule has 0 spiro atoms. The fraction of sp³-hybridized carbons (Fsp3) is 0.529. The Bertz CT molecular complexity index is 243. The maximum atomic E-state index is 5.25. The van der Waals surface area contributed by atoms with E-state index in [-0.39, 0.29) is 43.8 Å². The number of rotatable bonds is 1. The average molecular weight is 384 g/mol. The molecule has 2 radical (unpaired) electrons. The standard InChI is InChI=1S/C6H9.C5H5.2C3H9Si.Zr/c1-5(2)6(3)4;1-2-4-5-3-1;2*1-4(2)3;/h1H,3H2,2,4H3;1-3H,4H2;2*1-3H3;/q2*-1;;;+2. The molecule has 0 unspecified atom stereocenters. The minimum atomic E-state index is 0. The Morgan fingerprint density at radius 1 is 1.05 bits per heavy atom. The summed E-state index contributed by atoms with van der Waals surface area (Å²) in [5.41, 5.74) is 1.77. The molecule has 0 aromatic heterocycles. The molecule has 0 nitrogen and oxygen atoms in total. The zero-order chi connectivity index (χ0) is 15.8. The molecule has 0 saturated carbocycles. The van der Waals surface area contributed by atoms with E-state index in [0.29, 0.717) is 0 Å². The van der Waals surface area contributed by atoms with Crippen molar-refractivity contribution in [1.29, 1.82) is 0 Å².